The van der Waals surface area contributed by atoms with Crippen LogP contribution in [0.15, 0.2) is 12.1 Å². The molecule has 0 saturated carbocycles. The van der Waals surface area contributed by atoms with Crippen LogP contribution in [0, 0.1) is 23.0 Å². The minimum atomic E-state index is -0.742. The molecule has 0 saturated heterocycles. The Kier molecular flexibility index (Phi) is 3.37. The molecule has 0 heterocycles. The van der Waals surface area contributed by atoms with Gasteiger partial charge in [0.2, 0.25) is 0 Å². The van der Waals surface area contributed by atoms with Crippen LogP contribution in [0.3, 0.4) is 0 Å². The quantitative estimate of drug-likeness (QED) is 0.765. The molecule has 0 atom stereocenters. The van der Waals surface area contributed by atoms with Crippen molar-refractivity contribution in [1.82, 2.24) is 0 Å². The zero-order valence-electron chi connectivity index (χ0n) is 7.35. The summed E-state index contributed by atoms with van der Waals surface area (Å²) in [5.41, 5.74) is 4.91. The lowest BCUT2D eigenvalue weighted by atomic mass is 10.2. The maximum Gasteiger partial charge on any atom is 0.147 e. The first kappa shape index (κ1) is 10.4. The number of nitrogens with one attached hydrogen (secondary N) is 1. The minimum Gasteiger partial charge on any atom is -0.381 e. The lowest BCUT2D eigenvalue weighted by Gasteiger charge is -2.06. The van der Waals surface area contributed by atoms with Crippen LogP contribution in [0.4, 0.5) is 14.5 Å². The van der Waals surface area contributed by atoms with E-state index in [9.17, 15) is 8.78 Å². The maximum atomic E-state index is 13.1. The molecule has 0 aliphatic carbocycles. The summed E-state index contributed by atoms with van der Waals surface area (Å²) in [5.74, 6) is -1.40. The van der Waals surface area contributed by atoms with Gasteiger partial charge in [-0.3, -0.25) is 0 Å². The number of nitriles is 1. The highest BCUT2D eigenvalue weighted by atomic mass is 19.1. The molecule has 5 heteroatoms. The molecule has 0 bridgehead atoms. The first-order valence-electron chi connectivity index (χ1n) is 4.02. The number of rotatable bonds is 3. The van der Waals surface area contributed by atoms with E-state index in [1.807, 2.05) is 0 Å². The molecule has 0 spiro atoms. The summed E-state index contributed by atoms with van der Waals surface area (Å²) >= 11 is 0. The first-order chi connectivity index (χ1) is 6.69. The average molecular weight is 197 g/mol. The van der Waals surface area contributed by atoms with Crippen LogP contribution in [0.5, 0.6) is 0 Å². The van der Waals surface area contributed by atoms with Gasteiger partial charge in [-0.1, -0.05) is 0 Å². The molecule has 3 N–H and O–H groups in total. The van der Waals surface area contributed by atoms with E-state index in [0.717, 1.165) is 12.1 Å². The van der Waals surface area contributed by atoms with Crippen LogP contribution in [0.2, 0.25) is 0 Å². The van der Waals surface area contributed by atoms with Gasteiger partial charge in [-0.2, -0.15) is 5.26 Å². The predicted molar refractivity (Wildman–Crippen MR) is 48.6 cm³/mol. The van der Waals surface area contributed by atoms with Gasteiger partial charge in [-0.15, -0.1) is 0 Å². The average Bonchev–Trinajstić information content (AvgIpc) is 2.18. The molecule has 1 rings (SSSR count). The van der Waals surface area contributed by atoms with Gasteiger partial charge in [0, 0.05) is 19.2 Å². The molecule has 1 aromatic rings. The van der Waals surface area contributed by atoms with Gasteiger partial charge in [0.05, 0.1) is 11.3 Å². The Balaban J connectivity index is 2.98. The van der Waals surface area contributed by atoms with Crippen LogP contribution in [-0.2, 0) is 0 Å². The van der Waals surface area contributed by atoms with Crippen LogP contribution in [-0.4, -0.2) is 13.1 Å². The summed E-state index contributed by atoms with van der Waals surface area (Å²) in [6, 6.07) is 3.36. The molecule has 0 aliphatic heterocycles. The van der Waals surface area contributed by atoms with Gasteiger partial charge >= 0.3 is 0 Å². The maximum absolute atomic E-state index is 13.1. The molecule has 1 aromatic carbocycles. The van der Waals surface area contributed by atoms with Crippen molar-refractivity contribution in [3.63, 3.8) is 0 Å². The van der Waals surface area contributed by atoms with Crippen molar-refractivity contribution in [2.24, 2.45) is 5.73 Å². The van der Waals surface area contributed by atoms with Crippen LogP contribution in [0.25, 0.3) is 0 Å². The highest BCUT2D eigenvalue weighted by Crippen LogP contribution is 2.18. The monoisotopic (exact) mass is 197 g/mol. The van der Waals surface area contributed by atoms with E-state index < -0.39 is 11.6 Å². The van der Waals surface area contributed by atoms with E-state index in [-0.39, 0.29) is 11.3 Å². The predicted octanol–water partition coefficient (Wildman–Crippen LogP) is 1.21. The molecule has 0 aromatic heterocycles. The fourth-order valence-corrected chi connectivity index (χ4v) is 0.975. The summed E-state index contributed by atoms with van der Waals surface area (Å²) in [5, 5.41) is 11.0. The third kappa shape index (κ3) is 2.18. The van der Waals surface area contributed by atoms with E-state index >= 15 is 0 Å². The van der Waals surface area contributed by atoms with Crippen molar-refractivity contribution in [1.29, 1.82) is 5.26 Å². The molecule has 14 heavy (non-hydrogen) atoms. The fraction of sp³-hybridized carbons (Fsp3) is 0.222. The number of nitrogens with zero attached hydrogens (tertiary/aromatic N) is 1. The smallest absolute Gasteiger partial charge is 0.147 e. The molecular weight excluding hydrogens is 188 g/mol. The second-order valence-electron chi connectivity index (χ2n) is 2.64. The molecule has 0 aliphatic rings. The Hall–Kier alpha value is -1.67. The van der Waals surface area contributed by atoms with Crippen molar-refractivity contribution in [3.8, 4) is 6.07 Å². The van der Waals surface area contributed by atoms with E-state index in [4.69, 9.17) is 11.0 Å². The number of nitrogens with two attached hydrogens (primary N) is 1. The van der Waals surface area contributed by atoms with E-state index in [0.29, 0.717) is 13.1 Å². The minimum absolute atomic E-state index is 0.0203. The van der Waals surface area contributed by atoms with E-state index in [1.165, 1.54) is 0 Å². The molecule has 0 radical (unpaired) electrons. The third-order valence-electron chi connectivity index (χ3n) is 1.64. The van der Waals surface area contributed by atoms with Gasteiger partial charge in [0.1, 0.15) is 17.7 Å². The first-order valence-corrected chi connectivity index (χ1v) is 4.02. The number of hydrogen-bond acceptors (Lipinski definition) is 3. The van der Waals surface area contributed by atoms with E-state index in [2.05, 4.69) is 5.32 Å². The Labute approximate surface area is 80.1 Å². The second kappa shape index (κ2) is 4.53. The topological polar surface area (TPSA) is 61.8 Å². The number of halogens is 2. The highest BCUT2D eigenvalue weighted by Gasteiger charge is 2.08. The SMILES string of the molecule is N#Cc1cc(F)c(NCCN)cc1F. The second-order valence-corrected chi connectivity index (χ2v) is 2.64. The van der Waals surface area contributed by atoms with Crippen molar-refractivity contribution in [2.45, 2.75) is 0 Å². The van der Waals surface area contributed by atoms with Crippen LogP contribution < -0.4 is 11.1 Å². The summed E-state index contributed by atoms with van der Waals surface area (Å²) in [7, 11) is 0. The van der Waals surface area contributed by atoms with Gasteiger partial charge in [-0.05, 0) is 6.07 Å². The standard InChI is InChI=1S/C9H9F2N3/c10-7-4-9(14-2-1-12)8(11)3-6(7)5-13/h3-4,14H,1-2,12H2. The normalized spacial score (nSPS) is 9.57. The van der Waals surface area contributed by atoms with Crippen LogP contribution >= 0.6 is 0 Å². The number of hydrogen-bond donors (Lipinski definition) is 2. The van der Waals surface area contributed by atoms with Crippen molar-refractivity contribution in [3.05, 3.63) is 29.3 Å². The lowest BCUT2D eigenvalue weighted by molar-refractivity contribution is 0.599. The Morgan fingerprint density at radius 2 is 2.07 bits per heavy atom. The molecule has 0 fully saturated rings. The van der Waals surface area contributed by atoms with Crippen molar-refractivity contribution in [2.75, 3.05) is 18.4 Å². The molecule has 3 nitrogen and oxygen atoms in total. The molecular formula is C9H9F2N3. The van der Waals surface area contributed by atoms with Crippen molar-refractivity contribution >= 4 is 5.69 Å². The Morgan fingerprint density at radius 3 is 2.64 bits per heavy atom. The zero-order chi connectivity index (χ0) is 10.6. The molecule has 0 amide bonds. The van der Waals surface area contributed by atoms with Gasteiger partial charge in [0.25, 0.3) is 0 Å². The fourth-order valence-electron chi connectivity index (χ4n) is 0.975. The van der Waals surface area contributed by atoms with Gasteiger partial charge in [-0.25, -0.2) is 8.78 Å². The molecule has 0 unspecified atom stereocenters. The zero-order valence-corrected chi connectivity index (χ0v) is 7.35. The lowest BCUT2D eigenvalue weighted by Crippen LogP contribution is -2.14. The third-order valence-corrected chi connectivity index (χ3v) is 1.64. The number of anilines is 1. The van der Waals surface area contributed by atoms with Gasteiger partial charge in [0.15, 0.2) is 0 Å². The molecule has 74 valence electrons. The van der Waals surface area contributed by atoms with E-state index in [1.54, 1.807) is 6.07 Å². The number of benzene rings is 1. The summed E-state index contributed by atoms with van der Waals surface area (Å²) in [4.78, 5) is 0. The Morgan fingerprint density at radius 1 is 1.36 bits per heavy atom. The summed E-state index contributed by atoms with van der Waals surface area (Å²) in [6.45, 7) is 0.670. The highest BCUT2D eigenvalue weighted by molar-refractivity contribution is 5.49. The van der Waals surface area contributed by atoms with Crippen molar-refractivity contribution < 1.29 is 8.78 Å². The summed E-state index contributed by atoms with van der Waals surface area (Å²) in [6.07, 6.45) is 0. The Bertz CT molecular complexity index is 371. The van der Waals surface area contributed by atoms with Crippen LogP contribution in [0.1, 0.15) is 5.56 Å². The van der Waals surface area contributed by atoms with Gasteiger partial charge < -0.3 is 11.1 Å². The largest absolute Gasteiger partial charge is 0.381 e. The summed E-state index contributed by atoms with van der Waals surface area (Å²) < 4.78 is 26.1.